The smallest absolute Gasteiger partial charge is 0.393 e. The number of amides is 2. The molecule has 0 bridgehead atoms. The first kappa shape index (κ1) is 27.7. The predicted molar refractivity (Wildman–Crippen MR) is 133 cm³/mol. The Morgan fingerprint density at radius 1 is 1.21 bits per heavy atom. The van der Waals surface area contributed by atoms with Crippen LogP contribution in [0.3, 0.4) is 0 Å². The van der Waals surface area contributed by atoms with Gasteiger partial charge in [0.1, 0.15) is 17.6 Å². The minimum Gasteiger partial charge on any atom is -0.393 e. The quantitative estimate of drug-likeness (QED) is 0.393. The average Bonchev–Trinajstić information content (AvgIpc) is 3.43. The van der Waals surface area contributed by atoms with Crippen molar-refractivity contribution in [1.82, 2.24) is 20.2 Å². The molecule has 1 saturated heterocycles. The number of likely N-dealkylation sites (tertiary alicyclic amines) is 1. The zero-order chi connectivity index (χ0) is 28.1. The van der Waals surface area contributed by atoms with Crippen LogP contribution in [-0.4, -0.2) is 68.7 Å². The Bertz CT molecular complexity index is 1250. The van der Waals surface area contributed by atoms with Gasteiger partial charge in [0.25, 0.3) is 18.2 Å². The number of rotatable bonds is 8. The summed E-state index contributed by atoms with van der Waals surface area (Å²) in [6, 6.07) is -1.42. The molecule has 0 spiro atoms. The van der Waals surface area contributed by atoms with E-state index in [-0.39, 0.29) is 39.0 Å². The van der Waals surface area contributed by atoms with E-state index in [9.17, 15) is 36.6 Å². The fourth-order valence-electron chi connectivity index (χ4n) is 5.04. The Balaban J connectivity index is 1.51. The highest BCUT2D eigenvalue weighted by molar-refractivity contribution is 7.17. The van der Waals surface area contributed by atoms with E-state index in [2.05, 4.69) is 20.6 Å². The number of aliphatic hydroxyl groups is 1. The van der Waals surface area contributed by atoms with Gasteiger partial charge in [-0.2, -0.15) is 13.2 Å². The van der Waals surface area contributed by atoms with Crippen LogP contribution in [0.15, 0.2) is 12.3 Å². The minimum atomic E-state index is -4.57. The van der Waals surface area contributed by atoms with Crippen LogP contribution in [0, 0.1) is 5.92 Å². The van der Waals surface area contributed by atoms with Gasteiger partial charge in [-0.15, -0.1) is 11.3 Å². The maximum Gasteiger partial charge on any atom is 0.408 e. The van der Waals surface area contributed by atoms with E-state index in [1.807, 2.05) is 6.92 Å². The molecule has 212 valence electrons. The summed E-state index contributed by atoms with van der Waals surface area (Å²) < 4.78 is 69.0. The summed E-state index contributed by atoms with van der Waals surface area (Å²) in [6.45, 7) is 2.30. The lowest BCUT2D eigenvalue weighted by Gasteiger charge is -2.31. The highest BCUT2D eigenvalue weighted by Gasteiger charge is 2.49. The third-order valence-electron chi connectivity index (χ3n) is 7.45. The molecule has 2 aliphatic carbocycles. The average molecular weight is 574 g/mol. The summed E-state index contributed by atoms with van der Waals surface area (Å²) in [4.78, 5) is 36.1. The summed E-state index contributed by atoms with van der Waals surface area (Å²) >= 11 is 0.750. The van der Waals surface area contributed by atoms with Crippen molar-refractivity contribution in [2.45, 2.75) is 82.3 Å². The van der Waals surface area contributed by atoms with Gasteiger partial charge in [0.15, 0.2) is 5.01 Å². The lowest BCUT2D eigenvalue weighted by molar-refractivity contribution is -0.146. The Hall–Kier alpha value is -2.87. The van der Waals surface area contributed by atoms with Gasteiger partial charge in [-0.25, -0.2) is 18.7 Å². The molecule has 0 aromatic carbocycles. The van der Waals surface area contributed by atoms with Crippen LogP contribution < -0.4 is 10.6 Å². The first-order chi connectivity index (χ1) is 18.4. The zero-order valence-electron chi connectivity index (χ0n) is 21.0. The van der Waals surface area contributed by atoms with Crippen LogP contribution in [0.2, 0.25) is 0 Å². The number of hydrogen-bond donors (Lipinski definition) is 3. The fourth-order valence-corrected chi connectivity index (χ4v) is 6.04. The van der Waals surface area contributed by atoms with Gasteiger partial charge in [0, 0.05) is 36.0 Å². The Labute approximate surface area is 225 Å². The summed E-state index contributed by atoms with van der Waals surface area (Å²) in [5.74, 6) is -2.12. The molecule has 8 nitrogen and oxygen atoms in total. The van der Waals surface area contributed by atoms with E-state index >= 15 is 0 Å². The third kappa shape index (κ3) is 5.86. The third-order valence-corrected chi connectivity index (χ3v) is 8.54. The normalized spacial score (nSPS) is 24.0. The van der Waals surface area contributed by atoms with E-state index in [1.165, 1.54) is 0 Å². The second-order valence-corrected chi connectivity index (χ2v) is 11.4. The Morgan fingerprint density at radius 2 is 1.92 bits per heavy atom. The Kier molecular flexibility index (Phi) is 7.53. The topological polar surface area (TPSA) is 107 Å². The van der Waals surface area contributed by atoms with Gasteiger partial charge in [0.2, 0.25) is 0 Å². The van der Waals surface area contributed by atoms with Crippen LogP contribution in [-0.2, 0) is 0 Å². The van der Waals surface area contributed by atoms with Crippen LogP contribution in [0.1, 0.15) is 77.7 Å². The molecule has 0 unspecified atom stereocenters. The van der Waals surface area contributed by atoms with Crippen molar-refractivity contribution in [2.24, 2.45) is 5.92 Å². The molecule has 2 aromatic heterocycles. The second-order valence-electron chi connectivity index (χ2n) is 10.4. The first-order valence-corrected chi connectivity index (χ1v) is 13.7. The molecule has 39 heavy (non-hydrogen) atoms. The van der Waals surface area contributed by atoms with Gasteiger partial charge in [-0.05, 0) is 57.4 Å². The number of anilines is 1. The number of aliphatic hydroxyl groups excluding tert-OH is 1. The Morgan fingerprint density at radius 3 is 2.49 bits per heavy atom. The number of halogens is 5. The maximum absolute atomic E-state index is 14.3. The highest BCUT2D eigenvalue weighted by atomic mass is 32.1. The van der Waals surface area contributed by atoms with E-state index in [0.717, 1.165) is 36.4 Å². The van der Waals surface area contributed by atoms with Crippen LogP contribution in [0.5, 0.6) is 0 Å². The van der Waals surface area contributed by atoms with Gasteiger partial charge in [-0.3, -0.25) is 9.59 Å². The lowest BCUT2D eigenvalue weighted by atomic mass is 9.89. The number of nitrogens with one attached hydrogen (secondary N) is 2. The number of nitrogens with zero attached hydrogens (tertiary/aromatic N) is 3. The SMILES string of the molecule is C[C@H]1CCCN1C(=O)c1nc(C(=O)N[C@H]2C[C@H](O)C2)sc1-c1cnc(N[C@@H](C2CC2)C(F)(F)F)cc1C(F)F. The van der Waals surface area contributed by atoms with E-state index in [1.54, 1.807) is 4.90 Å². The number of alkyl halides is 5. The van der Waals surface area contributed by atoms with Gasteiger partial charge in [0.05, 0.1) is 11.0 Å². The van der Waals surface area contributed by atoms with Crippen molar-refractivity contribution in [3.05, 3.63) is 28.5 Å². The van der Waals surface area contributed by atoms with E-state index < -0.39 is 48.0 Å². The molecule has 0 radical (unpaired) electrons. The van der Waals surface area contributed by atoms with Crippen molar-refractivity contribution >= 4 is 29.0 Å². The van der Waals surface area contributed by atoms with Gasteiger partial charge >= 0.3 is 6.18 Å². The summed E-state index contributed by atoms with van der Waals surface area (Å²) in [5.41, 5.74) is -0.968. The molecule has 1 aliphatic heterocycles. The van der Waals surface area contributed by atoms with E-state index in [4.69, 9.17) is 0 Å². The summed E-state index contributed by atoms with van der Waals surface area (Å²) in [6.07, 6.45) is -4.17. The molecule has 3 fully saturated rings. The molecule has 3 heterocycles. The molecule has 14 heteroatoms. The van der Waals surface area contributed by atoms with Crippen molar-refractivity contribution in [1.29, 1.82) is 0 Å². The first-order valence-electron chi connectivity index (χ1n) is 12.8. The van der Waals surface area contributed by atoms with Crippen molar-refractivity contribution in [2.75, 3.05) is 11.9 Å². The van der Waals surface area contributed by atoms with Gasteiger partial charge < -0.3 is 20.6 Å². The number of carbonyl (C=O) groups is 2. The van der Waals surface area contributed by atoms with Crippen LogP contribution in [0.25, 0.3) is 10.4 Å². The minimum absolute atomic E-state index is 0.00167. The maximum atomic E-state index is 14.3. The number of pyridine rings is 1. The van der Waals surface area contributed by atoms with Crippen molar-refractivity contribution < 1.29 is 36.6 Å². The van der Waals surface area contributed by atoms with Crippen molar-refractivity contribution in [3.8, 4) is 10.4 Å². The molecule has 2 aromatic rings. The monoisotopic (exact) mass is 573 g/mol. The predicted octanol–water partition coefficient (Wildman–Crippen LogP) is 4.77. The molecule has 3 aliphatic rings. The number of hydrogen-bond acceptors (Lipinski definition) is 7. The zero-order valence-corrected chi connectivity index (χ0v) is 21.8. The molecule has 2 amide bonds. The summed E-state index contributed by atoms with van der Waals surface area (Å²) in [7, 11) is 0. The molecule has 2 atom stereocenters. The summed E-state index contributed by atoms with van der Waals surface area (Å²) in [5, 5.41) is 14.4. The largest absolute Gasteiger partial charge is 0.408 e. The number of carbonyl (C=O) groups excluding carboxylic acids is 2. The molecule has 2 saturated carbocycles. The molecule has 5 rings (SSSR count). The van der Waals surface area contributed by atoms with Crippen LogP contribution in [0.4, 0.5) is 27.8 Å². The number of thiazole rings is 1. The molecular formula is C25H28F5N5O3S. The fraction of sp³-hybridized carbons (Fsp3) is 0.600. The van der Waals surface area contributed by atoms with Gasteiger partial charge in [-0.1, -0.05) is 0 Å². The lowest BCUT2D eigenvalue weighted by Crippen LogP contribution is -2.46. The van der Waals surface area contributed by atoms with Crippen LogP contribution >= 0.6 is 11.3 Å². The van der Waals surface area contributed by atoms with Crippen molar-refractivity contribution in [3.63, 3.8) is 0 Å². The van der Waals surface area contributed by atoms with E-state index in [0.29, 0.717) is 32.2 Å². The number of aromatic nitrogens is 2. The molecular weight excluding hydrogens is 545 g/mol. The molecule has 3 N–H and O–H groups in total. The standard InChI is InChI=1S/C25H28F5N5O3S/c1-11-3-2-6-35(11)24(38)18-19(39-23(34-18)22(37)32-13-7-14(36)8-13)16-10-31-17(9-15(16)21(26)27)33-20(12-4-5-12)25(28,29)30/h9-14,20-21,36H,2-8H2,1H3,(H,31,33)(H,32,37)/t11-,13-,14-,20-/m0/s1. The highest BCUT2D eigenvalue weighted by Crippen LogP contribution is 2.43. The second kappa shape index (κ2) is 10.6.